The molecular formula is C13H16BrF2NO2. The molecule has 3 nitrogen and oxygen atoms in total. The Hall–Kier alpha value is -1.01. The Labute approximate surface area is 119 Å². The Morgan fingerprint density at radius 2 is 1.89 bits per heavy atom. The first-order valence-electron chi connectivity index (χ1n) is 5.72. The largest absolute Gasteiger partial charge is 0.459 e. The van der Waals surface area contributed by atoms with Gasteiger partial charge in [0.05, 0.1) is 0 Å². The van der Waals surface area contributed by atoms with Crippen LogP contribution in [0.25, 0.3) is 0 Å². The van der Waals surface area contributed by atoms with Gasteiger partial charge < -0.3 is 10.5 Å². The third kappa shape index (κ3) is 4.87. The first-order valence-corrected chi connectivity index (χ1v) is 6.51. The van der Waals surface area contributed by atoms with Gasteiger partial charge >= 0.3 is 5.97 Å². The molecule has 0 aliphatic heterocycles. The third-order valence-electron chi connectivity index (χ3n) is 2.24. The molecule has 0 aromatic heterocycles. The van der Waals surface area contributed by atoms with E-state index >= 15 is 0 Å². The van der Waals surface area contributed by atoms with Crippen molar-refractivity contribution < 1.29 is 18.3 Å². The summed E-state index contributed by atoms with van der Waals surface area (Å²) in [6, 6.07) is 1.09. The molecule has 0 radical (unpaired) electrons. The molecule has 1 aromatic rings. The topological polar surface area (TPSA) is 52.3 Å². The van der Waals surface area contributed by atoms with Gasteiger partial charge in [-0.15, -0.1) is 0 Å². The van der Waals surface area contributed by atoms with Gasteiger partial charge in [0.25, 0.3) is 0 Å². The zero-order valence-corrected chi connectivity index (χ0v) is 12.6. The molecule has 1 aromatic carbocycles. The fraction of sp³-hybridized carbons (Fsp3) is 0.462. The summed E-state index contributed by atoms with van der Waals surface area (Å²) in [5, 5.41) is 0. The van der Waals surface area contributed by atoms with Gasteiger partial charge in [-0.3, -0.25) is 4.79 Å². The maximum absolute atomic E-state index is 13.1. The first-order chi connectivity index (χ1) is 8.60. The van der Waals surface area contributed by atoms with E-state index in [1.807, 2.05) is 0 Å². The van der Waals surface area contributed by atoms with E-state index in [1.54, 1.807) is 20.8 Å². The normalized spacial score (nSPS) is 13.2. The monoisotopic (exact) mass is 335 g/mol. The minimum absolute atomic E-state index is 0.0622. The lowest BCUT2D eigenvalue weighted by atomic mass is 10.1. The highest BCUT2D eigenvalue weighted by Crippen LogP contribution is 2.22. The molecule has 1 atom stereocenters. The Kier molecular flexibility index (Phi) is 5.04. The summed E-state index contributed by atoms with van der Waals surface area (Å²) in [7, 11) is 0. The summed E-state index contributed by atoms with van der Waals surface area (Å²) in [6.45, 7) is 5.18. The second kappa shape index (κ2) is 5.96. The van der Waals surface area contributed by atoms with Gasteiger partial charge in [-0.2, -0.15) is 0 Å². The average Bonchev–Trinajstić information content (AvgIpc) is 2.23. The molecule has 0 fully saturated rings. The molecule has 0 aliphatic carbocycles. The third-order valence-corrected chi connectivity index (χ3v) is 2.98. The molecule has 6 heteroatoms. The van der Waals surface area contributed by atoms with Crippen molar-refractivity contribution in [3.05, 3.63) is 33.8 Å². The molecule has 0 saturated heterocycles. The Morgan fingerprint density at radius 1 is 1.37 bits per heavy atom. The van der Waals surface area contributed by atoms with Gasteiger partial charge in [0.1, 0.15) is 11.6 Å². The number of halogens is 3. The predicted octanol–water partition coefficient (Wildman–Crippen LogP) is 2.94. The van der Waals surface area contributed by atoms with Gasteiger partial charge in [-0.1, -0.05) is 15.9 Å². The van der Waals surface area contributed by atoms with Crippen LogP contribution in [0.4, 0.5) is 8.78 Å². The Morgan fingerprint density at radius 3 is 2.42 bits per heavy atom. The van der Waals surface area contributed by atoms with Crippen molar-refractivity contribution in [2.45, 2.75) is 38.8 Å². The van der Waals surface area contributed by atoms with Crippen molar-refractivity contribution in [2.75, 3.05) is 0 Å². The van der Waals surface area contributed by atoms with E-state index in [1.165, 1.54) is 0 Å². The lowest BCUT2D eigenvalue weighted by Gasteiger charge is -2.22. The zero-order chi connectivity index (χ0) is 14.8. The predicted molar refractivity (Wildman–Crippen MR) is 71.6 cm³/mol. The van der Waals surface area contributed by atoms with E-state index < -0.39 is 29.2 Å². The minimum atomic E-state index is -0.977. The van der Waals surface area contributed by atoms with Gasteiger partial charge in [-0.25, -0.2) is 8.78 Å². The highest BCUT2D eigenvalue weighted by Gasteiger charge is 2.23. The lowest BCUT2D eigenvalue weighted by Crippen LogP contribution is -2.38. The van der Waals surface area contributed by atoms with Gasteiger partial charge in [-0.05, 0) is 44.9 Å². The summed E-state index contributed by atoms with van der Waals surface area (Å²) >= 11 is 3.11. The fourth-order valence-corrected chi connectivity index (χ4v) is 1.90. The number of hydrogen-bond acceptors (Lipinski definition) is 3. The van der Waals surface area contributed by atoms with Crippen LogP contribution in [0.1, 0.15) is 26.3 Å². The summed E-state index contributed by atoms with van der Waals surface area (Å²) < 4.78 is 31.6. The van der Waals surface area contributed by atoms with Crippen LogP contribution >= 0.6 is 15.9 Å². The number of nitrogens with two attached hydrogens (primary N) is 1. The highest BCUT2D eigenvalue weighted by molar-refractivity contribution is 9.10. The fourth-order valence-electron chi connectivity index (χ4n) is 1.42. The molecule has 0 bridgehead atoms. The van der Waals surface area contributed by atoms with Crippen molar-refractivity contribution in [2.24, 2.45) is 5.73 Å². The number of ether oxygens (including phenoxy) is 1. The number of benzene rings is 1. The molecule has 106 valence electrons. The number of hydrogen-bond donors (Lipinski definition) is 1. The van der Waals surface area contributed by atoms with Crippen molar-refractivity contribution >= 4 is 21.9 Å². The zero-order valence-electron chi connectivity index (χ0n) is 11.0. The van der Waals surface area contributed by atoms with Crippen LogP contribution in [-0.2, 0) is 16.0 Å². The first kappa shape index (κ1) is 16.0. The number of rotatable bonds is 3. The summed E-state index contributed by atoms with van der Waals surface area (Å²) in [4.78, 5) is 11.7. The van der Waals surface area contributed by atoms with Crippen molar-refractivity contribution in [1.29, 1.82) is 0 Å². The SMILES string of the molecule is CC(C)(C)OC(=O)C(N)Cc1cc(F)c(F)cc1Br. The maximum Gasteiger partial charge on any atom is 0.323 e. The van der Waals surface area contributed by atoms with E-state index in [9.17, 15) is 13.6 Å². The maximum atomic E-state index is 13.1. The second-order valence-corrected chi connectivity index (χ2v) is 6.06. The molecule has 2 N–H and O–H groups in total. The molecule has 1 unspecified atom stereocenters. The quantitative estimate of drug-likeness (QED) is 0.682. The number of carbonyl (C=O) groups is 1. The van der Waals surface area contributed by atoms with Crippen LogP contribution in [-0.4, -0.2) is 17.6 Å². The molecule has 1 rings (SSSR count). The molecule has 0 heterocycles. The van der Waals surface area contributed by atoms with E-state index in [0.717, 1.165) is 12.1 Å². The average molecular weight is 336 g/mol. The lowest BCUT2D eigenvalue weighted by molar-refractivity contribution is -0.156. The van der Waals surface area contributed by atoms with Gasteiger partial charge in [0.2, 0.25) is 0 Å². The van der Waals surface area contributed by atoms with Crippen LogP contribution in [0.3, 0.4) is 0 Å². The molecule has 19 heavy (non-hydrogen) atoms. The van der Waals surface area contributed by atoms with Crippen LogP contribution < -0.4 is 5.73 Å². The molecule has 0 spiro atoms. The Bertz CT molecular complexity index is 486. The van der Waals surface area contributed by atoms with Gasteiger partial charge in [0, 0.05) is 4.47 Å². The van der Waals surface area contributed by atoms with Crippen LogP contribution in [0.15, 0.2) is 16.6 Å². The minimum Gasteiger partial charge on any atom is -0.459 e. The van der Waals surface area contributed by atoms with Gasteiger partial charge in [0.15, 0.2) is 11.6 Å². The smallest absolute Gasteiger partial charge is 0.323 e. The Balaban J connectivity index is 2.80. The van der Waals surface area contributed by atoms with Crippen molar-refractivity contribution in [3.63, 3.8) is 0 Å². The summed E-state index contributed by atoms with van der Waals surface area (Å²) in [5.41, 5.74) is 5.48. The van der Waals surface area contributed by atoms with Crippen LogP contribution in [0.5, 0.6) is 0 Å². The number of carbonyl (C=O) groups excluding carboxylic acids is 1. The summed E-state index contributed by atoms with van der Waals surface area (Å²) in [5.74, 6) is -2.51. The molecule has 0 amide bonds. The van der Waals surface area contributed by atoms with E-state index in [-0.39, 0.29) is 6.42 Å². The van der Waals surface area contributed by atoms with E-state index in [2.05, 4.69) is 15.9 Å². The standard InChI is InChI=1S/C13H16BrF2NO2/c1-13(2,3)19-12(18)11(17)5-7-4-9(15)10(16)6-8(7)14/h4,6,11H,5,17H2,1-3H3. The highest BCUT2D eigenvalue weighted by atomic mass is 79.9. The van der Waals surface area contributed by atoms with E-state index in [4.69, 9.17) is 10.5 Å². The van der Waals surface area contributed by atoms with Crippen molar-refractivity contribution in [1.82, 2.24) is 0 Å². The second-order valence-electron chi connectivity index (χ2n) is 5.20. The molecule has 0 aliphatic rings. The summed E-state index contributed by atoms with van der Waals surface area (Å²) in [6.07, 6.45) is 0.0622. The van der Waals surface area contributed by atoms with Crippen LogP contribution in [0.2, 0.25) is 0 Å². The molecular weight excluding hydrogens is 320 g/mol. The van der Waals surface area contributed by atoms with Crippen LogP contribution in [0, 0.1) is 11.6 Å². The number of esters is 1. The van der Waals surface area contributed by atoms with Crippen molar-refractivity contribution in [3.8, 4) is 0 Å². The molecule has 0 saturated carbocycles. The van der Waals surface area contributed by atoms with E-state index in [0.29, 0.717) is 10.0 Å².